The molecule has 3 atom stereocenters. The Hall–Kier alpha value is -0.650. The van der Waals surface area contributed by atoms with E-state index in [0.29, 0.717) is 19.3 Å². The molecule has 0 radical (unpaired) electrons. The minimum Gasteiger partial charge on any atom is -0.463 e. The number of aliphatic hydroxyl groups is 2. The van der Waals surface area contributed by atoms with Crippen molar-refractivity contribution in [2.24, 2.45) is 0 Å². The van der Waals surface area contributed by atoms with Crippen LogP contribution in [0.2, 0.25) is 0 Å². The molecule has 88 valence electrons. The first-order valence-corrected chi connectivity index (χ1v) is 5.30. The maximum Gasteiger partial charge on any atom is 0.305 e. The van der Waals surface area contributed by atoms with Crippen LogP contribution in [0.3, 0.4) is 0 Å². The quantitative estimate of drug-likeness (QED) is 0.659. The number of hydrogen-bond acceptors (Lipinski definition) is 5. The fourth-order valence-electron chi connectivity index (χ4n) is 1.46. The van der Waals surface area contributed by atoms with Crippen LogP contribution in [0.1, 0.15) is 32.6 Å². The molecular weight excluding hydrogens is 200 g/mol. The van der Waals surface area contributed by atoms with Crippen LogP contribution in [-0.2, 0) is 14.3 Å². The van der Waals surface area contributed by atoms with Gasteiger partial charge in [-0.05, 0) is 12.8 Å². The summed E-state index contributed by atoms with van der Waals surface area (Å²) in [6, 6.07) is 0. The summed E-state index contributed by atoms with van der Waals surface area (Å²) >= 11 is 0. The van der Waals surface area contributed by atoms with E-state index in [2.05, 4.69) is 0 Å². The molecule has 0 saturated carbocycles. The third-order valence-electron chi connectivity index (χ3n) is 2.33. The second-order valence-electron chi connectivity index (χ2n) is 3.71. The predicted octanol–water partition coefficient (Wildman–Crippen LogP) is 0.188. The summed E-state index contributed by atoms with van der Waals surface area (Å²) in [5, 5.41) is 18.7. The topological polar surface area (TPSA) is 76.0 Å². The summed E-state index contributed by atoms with van der Waals surface area (Å²) in [6.45, 7) is 1.90. The molecule has 1 saturated heterocycles. The van der Waals surface area contributed by atoms with Gasteiger partial charge in [0, 0.05) is 12.8 Å². The lowest BCUT2D eigenvalue weighted by molar-refractivity contribution is -0.212. The Kier molecular flexibility index (Phi) is 5.01. The normalized spacial score (nSPS) is 31.3. The highest BCUT2D eigenvalue weighted by molar-refractivity contribution is 5.69. The van der Waals surface area contributed by atoms with Gasteiger partial charge >= 0.3 is 5.97 Å². The SMILES string of the molecule is CCCC(=O)OCC1OC(O)CCC1O. The number of aliphatic hydroxyl groups excluding tert-OH is 2. The standard InChI is InChI=1S/C10H18O5/c1-2-3-9(12)14-6-8-7(11)4-5-10(13)15-8/h7-8,10-11,13H,2-6H2,1H3. The first kappa shape index (κ1) is 12.4. The van der Waals surface area contributed by atoms with Gasteiger partial charge in [-0.2, -0.15) is 0 Å². The van der Waals surface area contributed by atoms with E-state index in [1.165, 1.54) is 0 Å². The van der Waals surface area contributed by atoms with Gasteiger partial charge in [-0.3, -0.25) is 4.79 Å². The van der Waals surface area contributed by atoms with Gasteiger partial charge in [0.05, 0.1) is 6.10 Å². The molecule has 0 bridgehead atoms. The lowest BCUT2D eigenvalue weighted by Crippen LogP contribution is -2.42. The zero-order chi connectivity index (χ0) is 11.3. The molecule has 1 heterocycles. The van der Waals surface area contributed by atoms with Crippen LogP contribution in [0.5, 0.6) is 0 Å². The van der Waals surface area contributed by atoms with Crippen molar-refractivity contribution in [1.29, 1.82) is 0 Å². The van der Waals surface area contributed by atoms with Crippen LogP contribution >= 0.6 is 0 Å². The average molecular weight is 218 g/mol. The van der Waals surface area contributed by atoms with Gasteiger partial charge in [-0.15, -0.1) is 0 Å². The van der Waals surface area contributed by atoms with Gasteiger partial charge in [0.25, 0.3) is 0 Å². The Balaban J connectivity index is 2.27. The minimum atomic E-state index is -0.858. The zero-order valence-electron chi connectivity index (χ0n) is 8.89. The summed E-state index contributed by atoms with van der Waals surface area (Å²) in [5.41, 5.74) is 0. The maximum atomic E-state index is 11.1. The van der Waals surface area contributed by atoms with Gasteiger partial charge < -0.3 is 19.7 Å². The average Bonchev–Trinajstić information content (AvgIpc) is 2.20. The molecule has 1 rings (SSSR count). The van der Waals surface area contributed by atoms with Crippen molar-refractivity contribution in [3.8, 4) is 0 Å². The molecular formula is C10H18O5. The van der Waals surface area contributed by atoms with Crippen molar-refractivity contribution in [3.63, 3.8) is 0 Å². The van der Waals surface area contributed by atoms with Crippen molar-refractivity contribution in [2.45, 2.75) is 51.1 Å². The van der Waals surface area contributed by atoms with Gasteiger partial charge in [0.15, 0.2) is 6.29 Å². The van der Waals surface area contributed by atoms with E-state index in [4.69, 9.17) is 9.47 Å². The van der Waals surface area contributed by atoms with E-state index in [1.54, 1.807) is 0 Å². The molecule has 0 amide bonds. The summed E-state index contributed by atoms with van der Waals surface area (Å²) < 4.78 is 9.96. The molecule has 5 nitrogen and oxygen atoms in total. The minimum absolute atomic E-state index is 0.0110. The monoisotopic (exact) mass is 218 g/mol. The Morgan fingerprint density at radius 1 is 1.47 bits per heavy atom. The van der Waals surface area contributed by atoms with Crippen LogP contribution in [0.4, 0.5) is 0 Å². The van der Waals surface area contributed by atoms with Crippen LogP contribution in [-0.4, -0.2) is 41.3 Å². The lowest BCUT2D eigenvalue weighted by Gasteiger charge is -2.30. The summed E-state index contributed by atoms with van der Waals surface area (Å²) in [6.07, 6.45) is -0.140. The predicted molar refractivity (Wildman–Crippen MR) is 52.0 cm³/mol. The Morgan fingerprint density at radius 3 is 2.87 bits per heavy atom. The summed E-state index contributed by atoms with van der Waals surface area (Å²) in [5.74, 6) is -0.298. The van der Waals surface area contributed by atoms with E-state index < -0.39 is 18.5 Å². The largest absolute Gasteiger partial charge is 0.463 e. The Bertz CT molecular complexity index is 206. The first-order chi connectivity index (χ1) is 7.13. The molecule has 15 heavy (non-hydrogen) atoms. The molecule has 0 aromatic heterocycles. The fraction of sp³-hybridized carbons (Fsp3) is 0.900. The molecule has 1 fully saturated rings. The molecule has 1 aliphatic rings. The second kappa shape index (κ2) is 6.05. The second-order valence-corrected chi connectivity index (χ2v) is 3.71. The number of esters is 1. The first-order valence-electron chi connectivity index (χ1n) is 5.30. The van der Waals surface area contributed by atoms with E-state index >= 15 is 0 Å². The molecule has 0 spiro atoms. The van der Waals surface area contributed by atoms with E-state index in [0.717, 1.165) is 6.42 Å². The zero-order valence-corrected chi connectivity index (χ0v) is 8.89. The van der Waals surface area contributed by atoms with Gasteiger partial charge in [-0.1, -0.05) is 6.92 Å². The summed E-state index contributed by atoms with van der Waals surface area (Å²) in [7, 11) is 0. The van der Waals surface area contributed by atoms with Crippen molar-refractivity contribution < 1.29 is 24.5 Å². The number of carbonyl (C=O) groups excluding carboxylic acids is 1. The molecule has 0 aromatic rings. The molecule has 1 aliphatic heterocycles. The lowest BCUT2D eigenvalue weighted by atomic mass is 10.1. The molecule has 5 heteroatoms. The Morgan fingerprint density at radius 2 is 2.20 bits per heavy atom. The highest BCUT2D eigenvalue weighted by Gasteiger charge is 2.29. The van der Waals surface area contributed by atoms with Crippen molar-refractivity contribution in [2.75, 3.05) is 6.61 Å². The van der Waals surface area contributed by atoms with Crippen LogP contribution in [0.15, 0.2) is 0 Å². The third-order valence-corrected chi connectivity index (χ3v) is 2.33. The molecule has 3 unspecified atom stereocenters. The van der Waals surface area contributed by atoms with E-state index in [9.17, 15) is 15.0 Å². The highest BCUT2D eigenvalue weighted by Crippen LogP contribution is 2.18. The molecule has 2 N–H and O–H groups in total. The smallest absolute Gasteiger partial charge is 0.305 e. The number of carbonyl (C=O) groups is 1. The molecule has 0 aromatic carbocycles. The highest BCUT2D eigenvalue weighted by atomic mass is 16.6. The fourth-order valence-corrected chi connectivity index (χ4v) is 1.46. The van der Waals surface area contributed by atoms with Gasteiger partial charge in [0.1, 0.15) is 12.7 Å². The van der Waals surface area contributed by atoms with Crippen molar-refractivity contribution in [1.82, 2.24) is 0 Å². The number of rotatable bonds is 4. The Labute approximate surface area is 89.0 Å². The number of hydrogen-bond donors (Lipinski definition) is 2. The molecule has 0 aliphatic carbocycles. The van der Waals surface area contributed by atoms with Crippen LogP contribution in [0, 0.1) is 0 Å². The maximum absolute atomic E-state index is 11.1. The van der Waals surface area contributed by atoms with Crippen LogP contribution < -0.4 is 0 Å². The van der Waals surface area contributed by atoms with Crippen molar-refractivity contribution in [3.05, 3.63) is 0 Å². The van der Waals surface area contributed by atoms with Gasteiger partial charge in [0.2, 0.25) is 0 Å². The number of ether oxygens (including phenoxy) is 2. The van der Waals surface area contributed by atoms with Gasteiger partial charge in [-0.25, -0.2) is 0 Å². The van der Waals surface area contributed by atoms with E-state index in [-0.39, 0.29) is 12.6 Å². The summed E-state index contributed by atoms with van der Waals surface area (Å²) in [4.78, 5) is 11.1. The van der Waals surface area contributed by atoms with Crippen LogP contribution in [0.25, 0.3) is 0 Å². The third kappa shape index (κ3) is 4.15. The van der Waals surface area contributed by atoms with Crippen molar-refractivity contribution >= 4 is 5.97 Å². The van der Waals surface area contributed by atoms with E-state index in [1.807, 2.05) is 6.92 Å².